The molecule has 0 spiro atoms. The smallest absolute Gasteiger partial charge is 0.353 e. The molecule has 6 nitrogen and oxygen atoms in total. The average Bonchev–Trinajstić information content (AvgIpc) is 2.88. The van der Waals surface area contributed by atoms with Crippen molar-refractivity contribution in [2.45, 2.75) is 22.7 Å². The number of hydrogen-bond donors (Lipinski definition) is 2. The molecule has 2 aliphatic rings. The number of halogens is 1. The first-order chi connectivity index (χ1) is 17.4. The summed E-state index contributed by atoms with van der Waals surface area (Å²) in [5.41, 5.74) is 2.84. The largest absolute Gasteiger partial charge is 0.477 e. The van der Waals surface area contributed by atoms with Crippen molar-refractivity contribution in [1.82, 2.24) is 10.2 Å². The van der Waals surface area contributed by atoms with E-state index in [4.69, 9.17) is 0 Å². The number of nitrogens with one attached hydrogen (secondary N) is 1. The van der Waals surface area contributed by atoms with Gasteiger partial charge in [-0.05, 0) is 28.8 Å². The molecule has 2 amide bonds. The molecular weight excluding hydrogens is 560 g/mol. The van der Waals surface area contributed by atoms with Crippen molar-refractivity contribution < 1.29 is 19.5 Å². The van der Waals surface area contributed by atoms with Gasteiger partial charge in [-0.1, -0.05) is 94.4 Å². The number of nitrogens with zero attached hydrogens (tertiary/aromatic N) is 1. The Balaban J connectivity index is 1.38. The van der Waals surface area contributed by atoms with Crippen LogP contribution in [0.3, 0.4) is 0 Å². The van der Waals surface area contributed by atoms with Crippen LogP contribution in [0.25, 0.3) is 11.1 Å². The van der Waals surface area contributed by atoms with Gasteiger partial charge in [-0.2, -0.15) is 0 Å². The van der Waals surface area contributed by atoms with E-state index in [1.54, 1.807) is 0 Å². The van der Waals surface area contributed by atoms with Gasteiger partial charge in [-0.25, -0.2) is 4.79 Å². The molecule has 3 aromatic carbocycles. The fourth-order valence-electron chi connectivity index (χ4n) is 4.24. The van der Waals surface area contributed by atoms with Crippen molar-refractivity contribution in [1.29, 1.82) is 0 Å². The maximum atomic E-state index is 13.0. The van der Waals surface area contributed by atoms with Crippen LogP contribution in [-0.2, 0) is 20.8 Å². The summed E-state index contributed by atoms with van der Waals surface area (Å²) < 4.78 is 0.879. The number of carbonyl (C=O) groups is 3. The van der Waals surface area contributed by atoms with E-state index in [9.17, 15) is 19.5 Å². The molecule has 182 valence electrons. The van der Waals surface area contributed by atoms with Crippen LogP contribution in [0.1, 0.15) is 5.56 Å². The minimum Gasteiger partial charge on any atom is -0.477 e. The number of hydrogen-bond acceptors (Lipinski definition) is 5. The molecular formula is C27H21BrN2O4S2. The Kier molecular flexibility index (Phi) is 7.22. The van der Waals surface area contributed by atoms with Gasteiger partial charge in [0.2, 0.25) is 5.91 Å². The molecule has 36 heavy (non-hydrogen) atoms. The summed E-state index contributed by atoms with van der Waals surface area (Å²) in [5.74, 6) is -1.39. The predicted molar refractivity (Wildman–Crippen MR) is 145 cm³/mol. The standard InChI is InChI=1S/C27H21BrN2O4S2/c28-18-11-12-19(17-9-5-2-6-10-17)20(14-18)36-21-15-35-26-23(25(32)30(26)24(21)27(33)34)29-22(31)13-16-7-3-1-4-8-16/h1-12,14,23,26H,13,15H2,(H,29,31)(H,33,34)/t23-,26+/m1/s1. The zero-order valence-electron chi connectivity index (χ0n) is 18.9. The third-order valence-corrected chi connectivity index (χ3v) is 9.02. The lowest BCUT2D eigenvalue weighted by atomic mass is 10.0. The van der Waals surface area contributed by atoms with Gasteiger partial charge >= 0.3 is 5.97 Å². The van der Waals surface area contributed by atoms with Crippen LogP contribution in [0.5, 0.6) is 0 Å². The number of β-lactam (4-membered cyclic amide) rings is 1. The summed E-state index contributed by atoms with van der Waals surface area (Å²) >= 11 is 6.34. The summed E-state index contributed by atoms with van der Waals surface area (Å²) in [7, 11) is 0. The minimum atomic E-state index is -1.15. The lowest BCUT2D eigenvalue weighted by molar-refractivity contribution is -0.150. The van der Waals surface area contributed by atoms with E-state index >= 15 is 0 Å². The van der Waals surface area contributed by atoms with Crippen molar-refractivity contribution in [2.24, 2.45) is 0 Å². The first-order valence-electron chi connectivity index (χ1n) is 11.2. The monoisotopic (exact) mass is 580 g/mol. The van der Waals surface area contributed by atoms with Crippen LogP contribution >= 0.6 is 39.5 Å². The van der Waals surface area contributed by atoms with Gasteiger partial charge in [0.25, 0.3) is 5.91 Å². The van der Waals surface area contributed by atoms with Crippen LogP contribution in [-0.4, -0.2) is 45.0 Å². The first kappa shape index (κ1) is 24.7. The molecule has 1 fully saturated rings. The van der Waals surface area contributed by atoms with E-state index in [-0.39, 0.29) is 18.0 Å². The average molecular weight is 582 g/mol. The van der Waals surface area contributed by atoms with Gasteiger partial charge in [0.1, 0.15) is 17.1 Å². The number of benzene rings is 3. The Hall–Kier alpha value is -3.01. The highest BCUT2D eigenvalue weighted by Crippen LogP contribution is 2.47. The predicted octanol–water partition coefficient (Wildman–Crippen LogP) is 5.15. The molecule has 0 unspecified atom stereocenters. The number of aliphatic carboxylic acids is 1. The third-order valence-electron chi connectivity index (χ3n) is 5.92. The number of rotatable bonds is 7. The Labute approximate surface area is 225 Å². The van der Waals surface area contributed by atoms with E-state index in [0.29, 0.717) is 10.7 Å². The van der Waals surface area contributed by atoms with Crippen LogP contribution in [0.15, 0.2) is 98.8 Å². The second kappa shape index (κ2) is 10.5. The number of carbonyl (C=O) groups excluding carboxylic acids is 2. The second-order valence-corrected chi connectivity index (χ2v) is 11.5. The fourth-order valence-corrected chi connectivity index (χ4v) is 7.42. The van der Waals surface area contributed by atoms with Crippen LogP contribution < -0.4 is 5.32 Å². The van der Waals surface area contributed by atoms with Crippen LogP contribution in [0.4, 0.5) is 0 Å². The highest BCUT2D eigenvalue weighted by Gasteiger charge is 2.54. The highest BCUT2D eigenvalue weighted by molar-refractivity contribution is 9.10. The van der Waals surface area contributed by atoms with Crippen molar-refractivity contribution in [2.75, 3.05) is 5.75 Å². The number of carboxylic acids is 1. The van der Waals surface area contributed by atoms with E-state index in [1.807, 2.05) is 78.9 Å². The van der Waals surface area contributed by atoms with Gasteiger partial charge in [0, 0.05) is 20.0 Å². The van der Waals surface area contributed by atoms with Gasteiger partial charge < -0.3 is 10.4 Å². The molecule has 2 N–H and O–H groups in total. The summed E-state index contributed by atoms with van der Waals surface area (Å²) in [5, 5.41) is 12.4. The van der Waals surface area contributed by atoms with Gasteiger partial charge in [0.15, 0.2) is 0 Å². The Morgan fingerprint density at radius 1 is 1.06 bits per heavy atom. The molecule has 1 saturated heterocycles. The molecule has 0 radical (unpaired) electrons. The van der Waals surface area contributed by atoms with E-state index in [2.05, 4.69) is 21.2 Å². The number of carboxylic acid groups (broad SMARTS) is 1. The summed E-state index contributed by atoms with van der Waals surface area (Å²) in [6, 6.07) is 24.3. The Morgan fingerprint density at radius 3 is 2.44 bits per heavy atom. The van der Waals surface area contributed by atoms with E-state index in [0.717, 1.165) is 26.1 Å². The number of thioether (sulfide) groups is 2. The van der Waals surface area contributed by atoms with Crippen molar-refractivity contribution in [3.63, 3.8) is 0 Å². The molecule has 0 bridgehead atoms. The second-order valence-electron chi connectivity index (χ2n) is 8.30. The van der Waals surface area contributed by atoms with Gasteiger partial charge in [0.05, 0.1) is 6.42 Å². The maximum absolute atomic E-state index is 13.0. The summed E-state index contributed by atoms with van der Waals surface area (Å²) in [4.78, 5) is 40.7. The molecule has 3 aromatic rings. The van der Waals surface area contributed by atoms with Crippen molar-refractivity contribution >= 4 is 57.2 Å². The summed E-state index contributed by atoms with van der Waals surface area (Å²) in [6.45, 7) is 0. The molecule has 0 saturated carbocycles. The molecule has 2 heterocycles. The quantitative estimate of drug-likeness (QED) is 0.376. The van der Waals surface area contributed by atoms with Gasteiger partial charge in [-0.15, -0.1) is 11.8 Å². The van der Waals surface area contributed by atoms with Crippen molar-refractivity contribution in [3.05, 3.63) is 99.5 Å². The third kappa shape index (κ3) is 4.96. The van der Waals surface area contributed by atoms with Gasteiger partial charge in [-0.3, -0.25) is 14.5 Å². The lowest BCUT2D eigenvalue weighted by Gasteiger charge is -2.49. The molecule has 0 aromatic heterocycles. The number of amides is 2. The molecule has 0 aliphatic carbocycles. The molecule has 2 aliphatic heterocycles. The van der Waals surface area contributed by atoms with Crippen LogP contribution in [0, 0.1) is 0 Å². The molecule has 9 heteroatoms. The Morgan fingerprint density at radius 2 is 1.75 bits per heavy atom. The summed E-state index contributed by atoms with van der Waals surface area (Å²) in [6.07, 6.45) is 0.163. The lowest BCUT2D eigenvalue weighted by Crippen LogP contribution is -2.70. The topological polar surface area (TPSA) is 86.7 Å². The normalized spacial score (nSPS) is 18.9. The fraction of sp³-hybridized carbons (Fsp3) is 0.148. The SMILES string of the molecule is O=C(Cc1ccccc1)N[C@@H]1C(=O)N2C(C(=O)O)=C(Sc3cc(Br)ccc3-c3ccccc3)CS[C@@H]12. The van der Waals surface area contributed by atoms with E-state index < -0.39 is 23.3 Å². The van der Waals surface area contributed by atoms with E-state index in [1.165, 1.54) is 28.4 Å². The number of fused-ring (bicyclic) bond motifs is 1. The zero-order valence-corrected chi connectivity index (χ0v) is 22.1. The maximum Gasteiger partial charge on any atom is 0.353 e. The highest BCUT2D eigenvalue weighted by atomic mass is 79.9. The minimum absolute atomic E-state index is 0.0127. The van der Waals surface area contributed by atoms with Crippen LogP contribution in [0.2, 0.25) is 0 Å². The van der Waals surface area contributed by atoms with Crippen molar-refractivity contribution in [3.8, 4) is 11.1 Å². The first-order valence-corrected chi connectivity index (χ1v) is 13.9. The molecule has 2 atom stereocenters. The zero-order chi connectivity index (χ0) is 25.2. The molecule has 5 rings (SSSR count). The Bertz CT molecular complexity index is 1360.